The van der Waals surface area contributed by atoms with Crippen LogP contribution in [0.5, 0.6) is 0 Å². The zero-order chi connectivity index (χ0) is 17.6. The number of ether oxygens (including phenoxy) is 2. The lowest BCUT2D eigenvalue weighted by Gasteiger charge is -2.14. The van der Waals surface area contributed by atoms with Crippen molar-refractivity contribution in [1.29, 1.82) is 0 Å². The maximum atomic E-state index is 12.3. The number of carbonyl (C=O) groups excluding carboxylic acids is 1. The Hall–Kier alpha value is -2.92. The molecule has 1 heterocycles. The number of hydrogen-bond acceptors (Lipinski definition) is 5. The van der Waals surface area contributed by atoms with Crippen molar-refractivity contribution in [3.8, 4) is 11.5 Å². The highest BCUT2D eigenvalue weighted by Gasteiger charge is 2.22. The van der Waals surface area contributed by atoms with E-state index in [9.17, 15) is 4.79 Å². The van der Waals surface area contributed by atoms with Gasteiger partial charge in [0.05, 0.1) is 0 Å². The Morgan fingerprint density at radius 3 is 2.36 bits per heavy atom. The quantitative estimate of drug-likeness (QED) is 0.634. The van der Waals surface area contributed by atoms with Gasteiger partial charge in [-0.05, 0) is 24.6 Å². The second kappa shape index (κ2) is 7.77. The van der Waals surface area contributed by atoms with E-state index < -0.39 is 12.1 Å². The molecule has 0 spiro atoms. The molecule has 0 bridgehead atoms. The molecular weight excluding hydrogens is 318 g/mol. The van der Waals surface area contributed by atoms with Crippen molar-refractivity contribution >= 4 is 5.97 Å². The van der Waals surface area contributed by atoms with Crippen LogP contribution >= 0.6 is 0 Å². The van der Waals surface area contributed by atoms with Crippen molar-refractivity contribution in [2.45, 2.75) is 19.6 Å². The third kappa shape index (κ3) is 3.95. The van der Waals surface area contributed by atoms with E-state index in [1.807, 2.05) is 60.7 Å². The molecule has 1 atom stereocenters. The summed E-state index contributed by atoms with van der Waals surface area (Å²) in [6.45, 7) is 1.83. The molecule has 5 nitrogen and oxygen atoms in total. The van der Waals surface area contributed by atoms with E-state index >= 15 is 0 Å². The van der Waals surface area contributed by atoms with Crippen molar-refractivity contribution in [3.63, 3.8) is 0 Å². The third-order valence-electron chi connectivity index (χ3n) is 3.82. The molecule has 0 N–H and O–H groups in total. The fraction of sp³-hybridized carbons (Fsp3) is 0.200. The molecule has 0 radical (unpaired) electrons. The lowest BCUT2D eigenvalue weighted by atomic mass is 10.1. The SMILES string of the molecule is CO[C@@H](C(=O)OCc1nc(-c2ccccc2)oc1C)c1ccccc1. The summed E-state index contributed by atoms with van der Waals surface area (Å²) in [5.74, 6) is 0.674. The smallest absolute Gasteiger partial charge is 0.340 e. The molecule has 0 saturated heterocycles. The van der Waals surface area contributed by atoms with Crippen molar-refractivity contribution in [2.24, 2.45) is 0 Å². The summed E-state index contributed by atoms with van der Waals surface area (Å²) in [6.07, 6.45) is -0.762. The van der Waals surface area contributed by atoms with Crippen molar-refractivity contribution in [2.75, 3.05) is 7.11 Å². The van der Waals surface area contributed by atoms with Crippen LogP contribution in [0.15, 0.2) is 65.1 Å². The van der Waals surface area contributed by atoms with Crippen LogP contribution in [0.1, 0.15) is 23.1 Å². The van der Waals surface area contributed by atoms with Crippen LogP contribution in [-0.2, 0) is 20.9 Å². The highest BCUT2D eigenvalue weighted by atomic mass is 16.6. The maximum absolute atomic E-state index is 12.3. The van der Waals surface area contributed by atoms with Gasteiger partial charge >= 0.3 is 5.97 Å². The Bertz CT molecular complexity index is 827. The number of aromatic nitrogens is 1. The molecule has 5 heteroatoms. The summed E-state index contributed by atoms with van der Waals surface area (Å²) < 4.78 is 16.3. The average Bonchev–Trinajstić information content (AvgIpc) is 3.03. The number of esters is 1. The first-order valence-electron chi connectivity index (χ1n) is 7.95. The Labute approximate surface area is 146 Å². The first-order valence-corrected chi connectivity index (χ1v) is 7.95. The standard InChI is InChI=1S/C20H19NO4/c1-14-17(21-19(25-14)16-11-7-4-8-12-16)13-24-20(22)18(23-2)15-9-5-3-6-10-15/h3-12,18H,13H2,1-2H3/t18-/m1/s1. The molecule has 0 fully saturated rings. The van der Waals surface area contributed by atoms with Gasteiger partial charge in [0, 0.05) is 12.7 Å². The third-order valence-corrected chi connectivity index (χ3v) is 3.82. The topological polar surface area (TPSA) is 61.6 Å². The van der Waals surface area contributed by atoms with E-state index in [4.69, 9.17) is 13.9 Å². The maximum Gasteiger partial charge on any atom is 0.340 e. The van der Waals surface area contributed by atoms with E-state index in [2.05, 4.69) is 4.98 Å². The molecule has 0 saturated carbocycles. The minimum Gasteiger partial charge on any atom is -0.457 e. The molecule has 25 heavy (non-hydrogen) atoms. The van der Waals surface area contributed by atoms with Gasteiger partial charge in [0.25, 0.3) is 0 Å². The molecule has 128 valence electrons. The monoisotopic (exact) mass is 337 g/mol. The second-order valence-electron chi connectivity index (χ2n) is 5.52. The van der Waals surface area contributed by atoms with E-state index in [0.717, 1.165) is 11.1 Å². The van der Waals surface area contributed by atoms with Crippen LogP contribution in [0, 0.1) is 6.92 Å². The lowest BCUT2D eigenvalue weighted by molar-refractivity contribution is -0.157. The van der Waals surface area contributed by atoms with E-state index in [1.165, 1.54) is 7.11 Å². The summed E-state index contributed by atoms with van der Waals surface area (Å²) in [7, 11) is 1.48. The molecule has 2 aromatic carbocycles. The van der Waals surface area contributed by atoms with Crippen LogP contribution in [0.3, 0.4) is 0 Å². The summed E-state index contributed by atoms with van der Waals surface area (Å²) in [6, 6.07) is 18.8. The minimum atomic E-state index is -0.762. The molecule has 3 rings (SSSR count). The zero-order valence-corrected chi connectivity index (χ0v) is 14.1. The van der Waals surface area contributed by atoms with Crippen LogP contribution in [0.4, 0.5) is 0 Å². The van der Waals surface area contributed by atoms with Crippen LogP contribution in [0.2, 0.25) is 0 Å². The highest BCUT2D eigenvalue weighted by molar-refractivity contribution is 5.76. The summed E-state index contributed by atoms with van der Waals surface area (Å²) in [5, 5.41) is 0. The van der Waals surface area contributed by atoms with Gasteiger partial charge in [-0.2, -0.15) is 0 Å². The normalized spacial score (nSPS) is 11.9. The Morgan fingerprint density at radius 2 is 1.72 bits per heavy atom. The van der Waals surface area contributed by atoms with Gasteiger partial charge in [0.1, 0.15) is 18.1 Å². The van der Waals surface area contributed by atoms with Gasteiger partial charge in [0.15, 0.2) is 6.10 Å². The number of oxazole rings is 1. The number of methoxy groups -OCH3 is 1. The predicted molar refractivity (Wildman–Crippen MR) is 92.7 cm³/mol. The van der Waals surface area contributed by atoms with Gasteiger partial charge in [-0.15, -0.1) is 0 Å². The van der Waals surface area contributed by atoms with E-state index in [0.29, 0.717) is 17.3 Å². The fourth-order valence-electron chi connectivity index (χ4n) is 2.48. The van der Waals surface area contributed by atoms with Crippen molar-refractivity contribution in [1.82, 2.24) is 4.98 Å². The molecule has 0 unspecified atom stereocenters. The van der Waals surface area contributed by atoms with Crippen molar-refractivity contribution in [3.05, 3.63) is 77.7 Å². The largest absolute Gasteiger partial charge is 0.457 e. The van der Waals surface area contributed by atoms with Crippen molar-refractivity contribution < 1.29 is 18.7 Å². The first kappa shape index (κ1) is 16.9. The van der Waals surface area contributed by atoms with Crippen LogP contribution in [-0.4, -0.2) is 18.1 Å². The predicted octanol–water partition coefficient (Wildman–Crippen LogP) is 4.08. The van der Waals surface area contributed by atoms with E-state index in [-0.39, 0.29) is 6.61 Å². The molecule has 0 aliphatic rings. The Kier molecular flexibility index (Phi) is 5.26. The molecular formula is C20H19NO4. The second-order valence-corrected chi connectivity index (χ2v) is 5.52. The molecule has 0 aliphatic carbocycles. The fourth-order valence-corrected chi connectivity index (χ4v) is 2.48. The molecule has 3 aromatic rings. The highest BCUT2D eigenvalue weighted by Crippen LogP contribution is 2.23. The van der Waals surface area contributed by atoms with Gasteiger partial charge < -0.3 is 13.9 Å². The Balaban J connectivity index is 1.69. The van der Waals surface area contributed by atoms with Gasteiger partial charge in [-0.1, -0.05) is 48.5 Å². The van der Waals surface area contributed by atoms with Gasteiger partial charge in [-0.25, -0.2) is 9.78 Å². The number of nitrogens with zero attached hydrogens (tertiary/aromatic N) is 1. The lowest BCUT2D eigenvalue weighted by Crippen LogP contribution is -2.17. The molecule has 0 amide bonds. The molecule has 1 aromatic heterocycles. The summed E-state index contributed by atoms with van der Waals surface area (Å²) >= 11 is 0. The average molecular weight is 337 g/mol. The molecule has 0 aliphatic heterocycles. The van der Waals surface area contributed by atoms with Gasteiger partial charge in [-0.3, -0.25) is 0 Å². The number of aryl methyl sites for hydroxylation is 1. The van der Waals surface area contributed by atoms with Crippen LogP contribution < -0.4 is 0 Å². The number of hydrogen-bond donors (Lipinski definition) is 0. The summed E-state index contributed by atoms with van der Waals surface area (Å²) in [4.78, 5) is 16.8. The summed E-state index contributed by atoms with van der Waals surface area (Å²) in [5.41, 5.74) is 2.22. The minimum absolute atomic E-state index is 0.0354. The van der Waals surface area contributed by atoms with Crippen LogP contribution in [0.25, 0.3) is 11.5 Å². The zero-order valence-electron chi connectivity index (χ0n) is 14.1. The number of benzene rings is 2. The van der Waals surface area contributed by atoms with E-state index in [1.54, 1.807) is 6.92 Å². The van der Waals surface area contributed by atoms with Gasteiger partial charge in [0.2, 0.25) is 5.89 Å². The Morgan fingerprint density at radius 1 is 1.08 bits per heavy atom. The first-order chi connectivity index (χ1) is 12.2. The number of rotatable bonds is 6. The number of carbonyl (C=O) groups is 1.